The number of aromatic nitrogens is 1. The Bertz CT molecular complexity index is 327. The highest BCUT2D eigenvalue weighted by molar-refractivity contribution is 5.55. The van der Waals surface area contributed by atoms with Crippen LogP contribution in [-0.2, 0) is 5.41 Å². The number of nitrogens with zero attached hydrogens (tertiary/aromatic N) is 1. The Kier molecular flexibility index (Phi) is 1.40. The van der Waals surface area contributed by atoms with E-state index in [1.54, 1.807) is 0 Å². The molecule has 0 aromatic carbocycles. The average Bonchev–Trinajstić information content (AvgIpc) is 2.78. The third kappa shape index (κ3) is 0.916. The number of pyridine rings is 1. The zero-order chi connectivity index (χ0) is 8.73. The fourth-order valence-corrected chi connectivity index (χ4v) is 2.82. The molecule has 2 heterocycles. The van der Waals surface area contributed by atoms with Crippen LogP contribution in [0.3, 0.4) is 0 Å². The zero-order valence-corrected chi connectivity index (χ0v) is 7.71. The van der Waals surface area contributed by atoms with Gasteiger partial charge in [0.25, 0.3) is 0 Å². The lowest BCUT2D eigenvalue weighted by atomic mass is 9.82. The highest BCUT2D eigenvalue weighted by Crippen LogP contribution is 2.46. The summed E-state index contributed by atoms with van der Waals surface area (Å²) in [6, 6.07) is 4.31. The van der Waals surface area contributed by atoms with Gasteiger partial charge in [-0.05, 0) is 18.9 Å². The van der Waals surface area contributed by atoms with Crippen molar-refractivity contribution in [2.24, 2.45) is 0 Å². The van der Waals surface area contributed by atoms with Crippen molar-refractivity contribution in [3.8, 4) is 0 Å². The largest absolute Gasteiger partial charge is 0.369 e. The minimum absolute atomic E-state index is 0.448. The van der Waals surface area contributed by atoms with Gasteiger partial charge >= 0.3 is 0 Å². The second kappa shape index (κ2) is 2.47. The first-order chi connectivity index (χ1) is 6.41. The van der Waals surface area contributed by atoms with Gasteiger partial charge in [0.2, 0.25) is 0 Å². The predicted molar refractivity (Wildman–Crippen MR) is 52.9 cm³/mol. The van der Waals surface area contributed by atoms with Crippen molar-refractivity contribution in [1.29, 1.82) is 0 Å². The number of anilines is 1. The van der Waals surface area contributed by atoms with Gasteiger partial charge in [-0.3, -0.25) is 0 Å². The first-order valence-electron chi connectivity index (χ1n) is 5.10. The SMILES string of the molecule is c1cnc2c(c1)C1(CCCC1)CN2. The van der Waals surface area contributed by atoms with E-state index in [2.05, 4.69) is 22.4 Å². The van der Waals surface area contributed by atoms with Gasteiger partial charge in [0.15, 0.2) is 0 Å². The molecule has 0 saturated heterocycles. The molecular formula is C11H14N2. The smallest absolute Gasteiger partial charge is 0.129 e. The lowest BCUT2D eigenvalue weighted by Gasteiger charge is -2.21. The molecule has 0 atom stereocenters. The molecule has 1 aromatic heterocycles. The molecule has 0 amide bonds. The molecule has 1 saturated carbocycles. The van der Waals surface area contributed by atoms with Crippen LogP contribution in [0.25, 0.3) is 0 Å². The molecule has 1 aliphatic carbocycles. The Hall–Kier alpha value is -1.05. The van der Waals surface area contributed by atoms with Crippen molar-refractivity contribution >= 4 is 5.82 Å². The molecule has 0 radical (unpaired) electrons. The Morgan fingerprint density at radius 2 is 2.15 bits per heavy atom. The third-order valence-electron chi connectivity index (χ3n) is 3.53. The maximum Gasteiger partial charge on any atom is 0.129 e. The monoisotopic (exact) mass is 174 g/mol. The lowest BCUT2D eigenvalue weighted by molar-refractivity contribution is 0.489. The highest BCUT2D eigenvalue weighted by Gasteiger charge is 2.41. The molecule has 1 spiro atoms. The van der Waals surface area contributed by atoms with Crippen LogP contribution >= 0.6 is 0 Å². The minimum atomic E-state index is 0.448. The summed E-state index contributed by atoms with van der Waals surface area (Å²) in [5.41, 5.74) is 1.91. The summed E-state index contributed by atoms with van der Waals surface area (Å²) in [7, 11) is 0. The number of hydrogen-bond acceptors (Lipinski definition) is 2. The molecule has 1 fully saturated rings. The van der Waals surface area contributed by atoms with Crippen molar-refractivity contribution in [2.75, 3.05) is 11.9 Å². The van der Waals surface area contributed by atoms with Gasteiger partial charge in [-0.15, -0.1) is 0 Å². The van der Waals surface area contributed by atoms with E-state index < -0.39 is 0 Å². The summed E-state index contributed by atoms with van der Waals surface area (Å²) in [6.07, 6.45) is 7.34. The quantitative estimate of drug-likeness (QED) is 0.653. The standard InChI is InChI=1S/C11H14N2/c1-2-6-11(5-1)8-13-10-9(11)4-3-7-12-10/h3-4,7H,1-2,5-6,8H2,(H,12,13). The fraction of sp³-hybridized carbons (Fsp3) is 0.545. The summed E-state index contributed by atoms with van der Waals surface area (Å²) in [4.78, 5) is 4.37. The maximum atomic E-state index is 4.37. The average molecular weight is 174 g/mol. The summed E-state index contributed by atoms with van der Waals surface area (Å²) in [5.74, 6) is 1.13. The predicted octanol–water partition coefficient (Wildman–Crippen LogP) is 2.32. The zero-order valence-electron chi connectivity index (χ0n) is 7.71. The first-order valence-corrected chi connectivity index (χ1v) is 5.10. The maximum absolute atomic E-state index is 4.37. The van der Waals surface area contributed by atoms with Crippen molar-refractivity contribution in [3.63, 3.8) is 0 Å². The molecular weight excluding hydrogens is 160 g/mol. The Morgan fingerprint density at radius 1 is 1.31 bits per heavy atom. The molecule has 0 bridgehead atoms. The number of rotatable bonds is 0. The van der Waals surface area contributed by atoms with Crippen LogP contribution < -0.4 is 5.32 Å². The molecule has 68 valence electrons. The van der Waals surface area contributed by atoms with Crippen molar-refractivity contribution in [3.05, 3.63) is 23.9 Å². The van der Waals surface area contributed by atoms with Gasteiger partial charge in [0.05, 0.1) is 0 Å². The third-order valence-corrected chi connectivity index (χ3v) is 3.53. The van der Waals surface area contributed by atoms with E-state index in [1.165, 1.54) is 31.2 Å². The van der Waals surface area contributed by atoms with Crippen LogP contribution in [0.2, 0.25) is 0 Å². The number of hydrogen-bond donors (Lipinski definition) is 1. The van der Waals surface area contributed by atoms with Crippen LogP contribution in [-0.4, -0.2) is 11.5 Å². The van der Waals surface area contributed by atoms with E-state index in [9.17, 15) is 0 Å². The molecule has 1 aromatic rings. The molecule has 2 nitrogen and oxygen atoms in total. The van der Waals surface area contributed by atoms with Gasteiger partial charge in [-0.1, -0.05) is 18.9 Å². The summed E-state index contributed by atoms with van der Waals surface area (Å²) in [5, 5.41) is 3.42. The van der Waals surface area contributed by atoms with Crippen LogP contribution in [0.5, 0.6) is 0 Å². The van der Waals surface area contributed by atoms with Crippen molar-refractivity contribution in [2.45, 2.75) is 31.1 Å². The van der Waals surface area contributed by atoms with E-state index in [1.807, 2.05) is 6.20 Å². The summed E-state index contributed by atoms with van der Waals surface area (Å²) >= 11 is 0. The van der Waals surface area contributed by atoms with Gasteiger partial charge in [-0.2, -0.15) is 0 Å². The van der Waals surface area contributed by atoms with E-state index in [0.717, 1.165) is 12.4 Å². The summed E-state index contributed by atoms with van der Waals surface area (Å²) in [6.45, 7) is 1.11. The Morgan fingerprint density at radius 3 is 3.00 bits per heavy atom. The number of fused-ring (bicyclic) bond motifs is 2. The molecule has 3 rings (SSSR count). The van der Waals surface area contributed by atoms with Crippen LogP contribution in [0.15, 0.2) is 18.3 Å². The highest BCUT2D eigenvalue weighted by atomic mass is 15.0. The lowest BCUT2D eigenvalue weighted by Crippen LogP contribution is -2.23. The van der Waals surface area contributed by atoms with E-state index >= 15 is 0 Å². The second-order valence-corrected chi connectivity index (χ2v) is 4.24. The Balaban J connectivity index is 2.11. The topological polar surface area (TPSA) is 24.9 Å². The second-order valence-electron chi connectivity index (χ2n) is 4.24. The van der Waals surface area contributed by atoms with Gasteiger partial charge in [0, 0.05) is 23.7 Å². The van der Waals surface area contributed by atoms with Gasteiger partial charge < -0.3 is 5.32 Å². The number of nitrogens with one attached hydrogen (secondary N) is 1. The summed E-state index contributed by atoms with van der Waals surface area (Å²) < 4.78 is 0. The van der Waals surface area contributed by atoms with Crippen LogP contribution in [0.4, 0.5) is 5.82 Å². The van der Waals surface area contributed by atoms with E-state index in [-0.39, 0.29) is 0 Å². The minimum Gasteiger partial charge on any atom is -0.369 e. The Labute approximate surface area is 78.4 Å². The molecule has 1 aliphatic heterocycles. The van der Waals surface area contributed by atoms with Crippen molar-refractivity contribution in [1.82, 2.24) is 4.98 Å². The van der Waals surface area contributed by atoms with E-state index in [4.69, 9.17) is 0 Å². The molecule has 2 heteroatoms. The van der Waals surface area contributed by atoms with Crippen molar-refractivity contribution < 1.29 is 0 Å². The molecule has 13 heavy (non-hydrogen) atoms. The van der Waals surface area contributed by atoms with Crippen LogP contribution in [0.1, 0.15) is 31.2 Å². The van der Waals surface area contributed by atoms with Crippen LogP contribution in [0, 0.1) is 0 Å². The molecule has 0 unspecified atom stereocenters. The van der Waals surface area contributed by atoms with Gasteiger partial charge in [0.1, 0.15) is 5.82 Å². The molecule has 2 aliphatic rings. The first kappa shape index (κ1) is 7.36. The fourth-order valence-electron chi connectivity index (χ4n) is 2.82. The van der Waals surface area contributed by atoms with Gasteiger partial charge in [-0.25, -0.2) is 4.98 Å². The normalized spacial score (nSPS) is 23.1. The molecule has 1 N–H and O–H groups in total. The van der Waals surface area contributed by atoms with E-state index in [0.29, 0.717) is 5.41 Å².